The van der Waals surface area contributed by atoms with Gasteiger partial charge >= 0.3 is 0 Å². The Kier molecular flexibility index (Phi) is 6.60. The lowest BCUT2D eigenvalue weighted by Gasteiger charge is -2.07. The Bertz CT molecular complexity index is 649. The Labute approximate surface area is 144 Å². The van der Waals surface area contributed by atoms with Crippen LogP contribution >= 0.6 is 34.9 Å². The summed E-state index contributed by atoms with van der Waals surface area (Å²) in [5, 5.41) is 11.6. The maximum Gasteiger partial charge on any atom is 0.288 e. The van der Waals surface area contributed by atoms with Gasteiger partial charge in [-0.1, -0.05) is 34.9 Å². The average Bonchev–Trinajstić information content (AvgIpc) is 2.93. The molecular weight excluding hydrogens is 362 g/mol. The molecule has 0 saturated heterocycles. The SMILES string of the molecule is CN(C)C(=O)CSc1nnc(Nc2ccc(SC(F)F)cc2)s1. The molecule has 0 unspecified atom stereocenters. The van der Waals surface area contributed by atoms with Crippen LogP contribution in [0.5, 0.6) is 0 Å². The van der Waals surface area contributed by atoms with E-state index in [9.17, 15) is 13.6 Å². The van der Waals surface area contributed by atoms with Gasteiger partial charge < -0.3 is 10.2 Å². The Hall–Kier alpha value is -1.39. The van der Waals surface area contributed by atoms with Gasteiger partial charge in [-0.15, -0.1) is 10.2 Å². The number of anilines is 2. The molecule has 10 heteroatoms. The largest absolute Gasteiger partial charge is 0.348 e. The number of nitrogens with zero attached hydrogens (tertiary/aromatic N) is 3. The highest BCUT2D eigenvalue weighted by atomic mass is 32.2. The van der Waals surface area contributed by atoms with E-state index < -0.39 is 5.76 Å². The van der Waals surface area contributed by atoms with Gasteiger partial charge in [-0.05, 0) is 24.3 Å². The summed E-state index contributed by atoms with van der Waals surface area (Å²) in [5.41, 5.74) is 0.737. The molecule has 5 nitrogen and oxygen atoms in total. The van der Waals surface area contributed by atoms with Crippen molar-refractivity contribution in [3.8, 4) is 0 Å². The molecule has 1 aromatic heterocycles. The summed E-state index contributed by atoms with van der Waals surface area (Å²) in [6.45, 7) is 0. The zero-order valence-corrected chi connectivity index (χ0v) is 14.8. The van der Waals surface area contributed by atoms with Gasteiger partial charge in [-0.25, -0.2) is 0 Å². The van der Waals surface area contributed by atoms with Gasteiger partial charge in [-0.3, -0.25) is 4.79 Å². The maximum atomic E-state index is 12.3. The van der Waals surface area contributed by atoms with Gasteiger partial charge in [0.15, 0.2) is 4.34 Å². The first-order chi connectivity index (χ1) is 10.9. The molecule has 0 aliphatic rings. The molecule has 23 heavy (non-hydrogen) atoms. The first-order valence-corrected chi connectivity index (χ1v) is 9.10. The summed E-state index contributed by atoms with van der Waals surface area (Å²) in [6, 6.07) is 6.64. The van der Waals surface area contributed by atoms with E-state index in [-0.39, 0.29) is 5.91 Å². The summed E-state index contributed by atoms with van der Waals surface area (Å²) in [6.07, 6.45) is 0. The van der Waals surface area contributed by atoms with Crippen LogP contribution in [0.4, 0.5) is 19.6 Å². The minimum atomic E-state index is -2.43. The fourth-order valence-electron chi connectivity index (χ4n) is 1.41. The van der Waals surface area contributed by atoms with Gasteiger partial charge in [0.25, 0.3) is 5.76 Å². The topological polar surface area (TPSA) is 58.1 Å². The average molecular weight is 376 g/mol. The summed E-state index contributed by atoms with van der Waals surface area (Å²) in [4.78, 5) is 13.5. The number of amides is 1. The quantitative estimate of drug-likeness (QED) is 0.742. The van der Waals surface area contributed by atoms with E-state index in [1.165, 1.54) is 28.0 Å². The van der Waals surface area contributed by atoms with Crippen LogP contribution in [0.2, 0.25) is 0 Å². The number of thioether (sulfide) groups is 2. The number of carbonyl (C=O) groups excluding carboxylic acids is 1. The molecule has 124 valence electrons. The fourth-order valence-corrected chi connectivity index (χ4v) is 3.66. The Morgan fingerprint density at radius 3 is 2.61 bits per heavy atom. The minimum absolute atomic E-state index is 0.00632. The Morgan fingerprint density at radius 1 is 1.30 bits per heavy atom. The Morgan fingerprint density at radius 2 is 2.00 bits per heavy atom. The standard InChI is InChI=1S/C13H14F2N4OS3/c1-19(2)10(20)7-21-13-18-17-12(23-13)16-8-3-5-9(6-4-8)22-11(14)15/h3-6,11H,7H2,1-2H3,(H,16,17). The van der Waals surface area contributed by atoms with Crippen LogP contribution in [0.15, 0.2) is 33.5 Å². The van der Waals surface area contributed by atoms with Gasteiger partial charge in [0.05, 0.1) is 5.75 Å². The summed E-state index contributed by atoms with van der Waals surface area (Å²) in [7, 11) is 3.40. The van der Waals surface area contributed by atoms with Crippen molar-refractivity contribution in [2.75, 3.05) is 25.2 Å². The van der Waals surface area contributed by atoms with Crippen LogP contribution in [0.1, 0.15) is 0 Å². The minimum Gasteiger partial charge on any atom is -0.348 e. The molecule has 2 aromatic rings. The molecule has 0 saturated carbocycles. The smallest absolute Gasteiger partial charge is 0.288 e. The van der Waals surface area contributed by atoms with Crippen molar-refractivity contribution in [2.24, 2.45) is 0 Å². The van der Waals surface area contributed by atoms with Gasteiger partial charge in [-0.2, -0.15) is 8.78 Å². The van der Waals surface area contributed by atoms with E-state index in [1.807, 2.05) is 0 Å². The first kappa shape index (κ1) is 18.0. The molecule has 0 radical (unpaired) electrons. The molecule has 0 spiro atoms. The third kappa shape index (κ3) is 5.96. The van der Waals surface area contributed by atoms with Crippen LogP contribution in [0, 0.1) is 0 Å². The van der Waals surface area contributed by atoms with Crippen molar-refractivity contribution in [2.45, 2.75) is 15.0 Å². The van der Waals surface area contributed by atoms with Crippen molar-refractivity contribution >= 4 is 51.6 Å². The monoisotopic (exact) mass is 376 g/mol. The predicted molar refractivity (Wildman–Crippen MR) is 90.9 cm³/mol. The van der Waals surface area contributed by atoms with Gasteiger partial charge in [0, 0.05) is 24.7 Å². The molecule has 1 N–H and O–H groups in total. The number of aromatic nitrogens is 2. The number of alkyl halides is 2. The summed E-state index contributed by atoms with van der Waals surface area (Å²) < 4.78 is 25.2. The summed E-state index contributed by atoms with van der Waals surface area (Å²) in [5.74, 6) is -2.12. The van der Waals surface area contributed by atoms with E-state index in [0.717, 1.165) is 5.69 Å². The number of nitrogens with one attached hydrogen (secondary N) is 1. The zero-order valence-electron chi connectivity index (χ0n) is 12.3. The molecule has 1 aromatic carbocycles. The van der Waals surface area contributed by atoms with Gasteiger partial charge in [0.2, 0.25) is 11.0 Å². The molecule has 0 fully saturated rings. The highest BCUT2D eigenvalue weighted by Crippen LogP contribution is 2.30. The van der Waals surface area contributed by atoms with Crippen molar-refractivity contribution in [1.82, 2.24) is 15.1 Å². The third-order valence-corrected chi connectivity index (χ3v) is 5.23. The number of halogens is 2. The van der Waals surface area contributed by atoms with E-state index in [4.69, 9.17) is 0 Å². The van der Waals surface area contributed by atoms with E-state index in [2.05, 4.69) is 15.5 Å². The van der Waals surface area contributed by atoms with Gasteiger partial charge in [0.1, 0.15) is 0 Å². The summed E-state index contributed by atoms with van der Waals surface area (Å²) >= 11 is 3.16. The molecule has 1 heterocycles. The normalized spacial score (nSPS) is 10.8. The molecule has 0 aliphatic carbocycles. The van der Waals surface area contributed by atoms with Crippen LogP contribution in [-0.2, 0) is 4.79 Å². The lowest BCUT2D eigenvalue weighted by Crippen LogP contribution is -2.23. The molecule has 0 atom stereocenters. The Balaban J connectivity index is 1.90. The van der Waals surface area contributed by atoms with E-state index in [0.29, 0.717) is 31.9 Å². The van der Waals surface area contributed by atoms with Crippen molar-refractivity contribution in [3.05, 3.63) is 24.3 Å². The number of rotatable bonds is 7. The second-order valence-corrected chi connectivity index (χ2v) is 7.74. The van der Waals surface area contributed by atoms with E-state index in [1.54, 1.807) is 38.4 Å². The molecule has 0 bridgehead atoms. The van der Waals surface area contributed by atoms with Crippen molar-refractivity contribution in [1.29, 1.82) is 0 Å². The number of carbonyl (C=O) groups is 1. The second kappa shape index (κ2) is 8.46. The molecule has 0 aliphatic heterocycles. The lowest BCUT2D eigenvalue weighted by atomic mass is 10.3. The predicted octanol–water partition coefficient (Wildman–Crippen LogP) is 3.78. The molecule has 2 rings (SSSR count). The van der Waals surface area contributed by atoms with Crippen LogP contribution in [-0.4, -0.2) is 46.6 Å². The van der Waals surface area contributed by atoms with Crippen molar-refractivity contribution < 1.29 is 13.6 Å². The first-order valence-electron chi connectivity index (χ1n) is 6.42. The highest BCUT2D eigenvalue weighted by molar-refractivity contribution is 8.01. The number of hydrogen-bond donors (Lipinski definition) is 1. The number of benzene rings is 1. The number of hydrogen-bond acceptors (Lipinski definition) is 7. The van der Waals surface area contributed by atoms with Crippen LogP contribution < -0.4 is 5.32 Å². The van der Waals surface area contributed by atoms with Crippen LogP contribution in [0.25, 0.3) is 0 Å². The highest BCUT2D eigenvalue weighted by Gasteiger charge is 2.10. The fraction of sp³-hybridized carbons (Fsp3) is 0.308. The lowest BCUT2D eigenvalue weighted by molar-refractivity contribution is -0.125. The zero-order chi connectivity index (χ0) is 16.8. The third-order valence-electron chi connectivity index (χ3n) is 2.56. The van der Waals surface area contributed by atoms with Crippen molar-refractivity contribution in [3.63, 3.8) is 0 Å². The second-order valence-electron chi connectivity index (χ2n) is 4.48. The molecular formula is C13H14F2N4OS3. The van der Waals surface area contributed by atoms with E-state index >= 15 is 0 Å². The maximum absolute atomic E-state index is 12.3. The van der Waals surface area contributed by atoms with Crippen LogP contribution in [0.3, 0.4) is 0 Å². The molecule has 1 amide bonds.